The third-order valence-electron chi connectivity index (χ3n) is 4.69. The van der Waals surface area contributed by atoms with Gasteiger partial charge in [-0.3, -0.25) is 0 Å². The van der Waals surface area contributed by atoms with Crippen LogP contribution >= 0.6 is 0 Å². The molecule has 1 fully saturated rings. The number of nitrogens with one attached hydrogen (secondary N) is 1. The highest BCUT2D eigenvalue weighted by Crippen LogP contribution is 2.29. The molecule has 0 radical (unpaired) electrons. The van der Waals surface area contributed by atoms with Gasteiger partial charge in [-0.1, -0.05) is 41.9 Å². The average Bonchev–Trinajstić information content (AvgIpc) is 3.14. The minimum absolute atomic E-state index is 0.640. The van der Waals surface area contributed by atoms with Crippen molar-refractivity contribution in [3.63, 3.8) is 0 Å². The van der Waals surface area contributed by atoms with Crippen LogP contribution in [-0.2, 0) is 12.8 Å². The molecule has 1 N–H and O–H groups in total. The lowest BCUT2D eigenvalue weighted by molar-refractivity contribution is 0.329. The Balaban J connectivity index is 1.41. The molecule has 1 aliphatic rings. The first-order chi connectivity index (χ1) is 10.8. The van der Waals surface area contributed by atoms with Crippen LogP contribution in [0.4, 0.5) is 0 Å². The van der Waals surface area contributed by atoms with Gasteiger partial charge in [0.25, 0.3) is 0 Å². The van der Waals surface area contributed by atoms with Crippen molar-refractivity contribution in [3.8, 4) is 0 Å². The van der Waals surface area contributed by atoms with Crippen molar-refractivity contribution in [1.82, 2.24) is 10.5 Å². The highest BCUT2D eigenvalue weighted by molar-refractivity contribution is 5.14. The molecule has 0 bridgehead atoms. The zero-order valence-electron chi connectivity index (χ0n) is 13.4. The highest BCUT2D eigenvalue weighted by atomic mass is 16.5. The van der Waals surface area contributed by atoms with E-state index in [0.717, 1.165) is 30.8 Å². The van der Waals surface area contributed by atoms with Crippen LogP contribution in [0.2, 0.25) is 0 Å². The van der Waals surface area contributed by atoms with Gasteiger partial charge in [-0.2, -0.15) is 0 Å². The maximum atomic E-state index is 5.38. The van der Waals surface area contributed by atoms with Gasteiger partial charge in [-0.25, -0.2) is 0 Å². The topological polar surface area (TPSA) is 38.1 Å². The molecule has 2 aromatic rings. The van der Waals surface area contributed by atoms with E-state index in [-0.39, 0.29) is 0 Å². The quantitative estimate of drug-likeness (QED) is 0.787. The monoisotopic (exact) mass is 298 g/mol. The summed E-state index contributed by atoms with van der Waals surface area (Å²) in [5.41, 5.74) is 2.42. The Labute approximate surface area is 133 Å². The largest absolute Gasteiger partial charge is 0.361 e. The van der Waals surface area contributed by atoms with Crippen molar-refractivity contribution in [3.05, 3.63) is 53.4 Å². The number of hydrogen-bond acceptors (Lipinski definition) is 3. The standard InChI is InChI=1S/C19H26N2O/c1-15-13-18(22-21-15)14-17-10-5-11-19(17)20-12-6-9-16-7-3-2-4-8-16/h2-4,7-8,13,17,19-20H,5-6,9-12,14H2,1H3/t17-,19+/m0/s1. The Bertz CT molecular complexity index is 564. The average molecular weight is 298 g/mol. The molecule has 0 aliphatic heterocycles. The number of nitrogens with zero attached hydrogens (tertiary/aromatic N) is 1. The van der Waals surface area contributed by atoms with Crippen molar-refractivity contribution < 1.29 is 4.52 Å². The van der Waals surface area contributed by atoms with E-state index in [9.17, 15) is 0 Å². The van der Waals surface area contributed by atoms with Crippen LogP contribution in [0, 0.1) is 12.8 Å². The third-order valence-corrected chi connectivity index (χ3v) is 4.69. The number of aryl methyl sites for hydroxylation is 2. The summed E-state index contributed by atoms with van der Waals surface area (Å²) in [6.45, 7) is 3.09. The smallest absolute Gasteiger partial charge is 0.137 e. The molecule has 0 spiro atoms. The van der Waals surface area contributed by atoms with Crippen molar-refractivity contribution in [2.24, 2.45) is 5.92 Å². The zero-order valence-corrected chi connectivity index (χ0v) is 13.4. The summed E-state index contributed by atoms with van der Waals surface area (Å²) in [4.78, 5) is 0. The molecule has 0 unspecified atom stereocenters. The summed E-state index contributed by atoms with van der Waals surface area (Å²) in [6, 6.07) is 13.5. The number of hydrogen-bond donors (Lipinski definition) is 1. The van der Waals surface area contributed by atoms with E-state index in [1.807, 2.05) is 6.92 Å². The van der Waals surface area contributed by atoms with Gasteiger partial charge in [-0.05, 0) is 50.6 Å². The molecule has 1 aliphatic carbocycles. The minimum Gasteiger partial charge on any atom is -0.361 e. The fraction of sp³-hybridized carbons (Fsp3) is 0.526. The van der Waals surface area contributed by atoms with Gasteiger partial charge >= 0.3 is 0 Å². The van der Waals surface area contributed by atoms with Crippen LogP contribution in [0.25, 0.3) is 0 Å². The van der Waals surface area contributed by atoms with Crippen LogP contribution < -0.4 is 5.32 Å². The highest BCUT2D eigenvalue weighted by Gasteiger charge is 2.27. The first-order valence-corrected chi connectivity index (χ1v) is 8.51. The molecule has 3 nitrogen and oxygen atoms in total. The summed E-state index contributed by atoms with van der Waals surface area (Å²) in [6.07, 6.45) is 7.31. The molecule has 3 heteroatoms. The van der Waals surface area contributed by atoms with Crippen LogP contribution in [0.5, 0.6) is 0 Å². The predicted octanol–water partition coefficient (Wildman–Crippen LogP) is 3.92. The van der Waals surface area contributed by atoms with E-state index in [4.69, 9.17) is 4.52 Å². The lowest BCUT2D eigenvalue weighted by Crippen LogP contribution is -2.34. The first-order valence-electron chi connectivity index (χ1n) is 8.51. The molecular formula is C19H26N2O. The van der Waals surface area contributed by atoms with Crippen molar-refractivity contribution in [1.29, 1.82) is 0 Å². The van der Waals surface area contributed by atoms with E-state index >= 15 is 0 Å². The van der Waals surface area contributed by atoms with Crippen LogP contribution in [-0.4, -0.2) is 17.7 Å². The van der Waals surface area contributed by atoms with Crippen LogP contribution in [0.15, 0.2) is 40.9 Å². The molecule has 22 heavy (non-hydrogen) atoms. The lowest BCUT2D eigenvalue weighted by atomic mass is 9.97. The van der Waals surface area contributed by atoms with Gasteiger partial charge in [0.05, 0.1) is 5.69 Å². The predicted molar refractivity (Wildman–Crippen MR) is 88.8 cm³/mol. The van der Waals surface area contributed by atoms with Gasteiger partial charge in [0, 0.05) is 18.5 Å². The van der Waals surface area contributed by atoms with E-state index < -0.39 is 0 Å². The maximum absolute atomic E-state index is 5.38. The van der Waals surface area contributed by atoms with Gasteiger partial charge in [0.2, 0.25) is 0 Å². The Morgan fingerprint density at radius 1 is 1.23 bits per heavy atom. The van der Waals surface area contributed by atoms with Gasteiger partial charge in [-0.15, -0.1) is 0 Å². The molecule has 1 saturated carbocycles. The fourth-order valence-electron chi connectivity index (χ4n) is 3.55. The fourth-order valence-corrected chi connectivity index (χ4v) is 3.55. The zero-order chi connectivity index (χ0) is 15.2. The number of rotatable bonds is 7. The van der Waals surface area contributed by atoms with Crippen molar-refractivity contribution >= 4 is 0 Å². The molecular weight excluding hydrogens is 272 g/mol. The minimum atomic E-state index is 0.640. The van der Waals surface area contributed by atoms with Crippen molar-refractivity contribution in [2.45, 2.75) is 51.5 Å². The summed E-state index contributed by atoms with van der Waals surface area (Å²) in [5, 5.41) is 7.76. The first kappa shape index (κ1) is 15.3. The SMILES string of the molecule is Cc1cc(C[C@@H]2CCC[C@H]2NCCCc2ccccc2)on1. The Morgan fingerprint density at radius 2 is 2.09 bits per heavy atom. The number of aromatic nitrogens is 1. The second-order valence-electron chi connectivity index (χ2n) is 6.48. The molecule has 118 valence electrons. The molecule has 2 atom stereocenters. The molecule has 3 rings (SSSR count). The van der Waals surface area contributed by atoms with E-state index in [1.54, 1.807) is 0 Å². The van der Waals surface area contributed by atoms with E-state index in [0.29, 0.717) is 12.0 Å². The normalized spacial score (nSPS) is 21.3. The molecule has 1 heterocycles. The van der Waals surface area contributed by atoms with Gasteiger partial charge in [0.15, 0.2) is 0 Å². The van der Waals surface area contributed by atoms with Gasteiger partial charge in [0.1, 0.15) is 5.76 Å². The van der Waals surface area contributed by atoms with E-state index in [1.165, 1.54) is 31.2 Å². The number of benzene rings is 1. The Kier molecular flexibility index (Phi) is 5.28. The summed E-state index contributed by atoms with van der Waals surface area (Å²) < 4.78 is 5.38. The summed E-state index contributed by atoms with van der Waals surface area (Å²) >= 11 is 0. The Hall–Kier alpha value is -1.61. The molecule has 0 saturated heterocycles. The Morgan fingerprint density at radius 3 is 2.86 bits per heavy atom. The maximum Gasteiger partial charge on any atom is 0.137 e. The molecule has 0 amide bonds. The molecule has 1 aromatic heterocycles. The van der Waals surface area contributed by atoms with Crippen molar-refractivity contribution in [2.75, 3.05) is 6.54 Å². The van der Waals surface area contributed by atoms with Crippen LogP contribution in [0.1, 0.15) is 42.7 Å². The second-order valence-corrected chi connectivity index (χ2v) is 6.48. The third kappa shape index (κ3) is 4.20. The van der Waals surface area contributed by atoms with Gasteiger partial charge < -0.3 is 9.84 Å². The second kappa shape index (κ2) is 7.59. The lowest BCUT2D eigenvalue weighted by Gasteiger charge is -2.20. The molecule has 1 aromatic carbocycles. The summed E-state index contributed by atoms with van der Waals surface area (Å²) in [5.74, 6) is 1.74. The summed E-state index contributed by atoms with van der Waals surface area (Å²) in [7, 11) is 0. The van der Waals surface area contributed by atoms with E-state index in [2.05, 4.69) is 46.9 Å². The van der Waals surface area contributed by atoms with Crippen LogP contribution in [0.3, 0.4) is 0 Å².